The Morgan fingerprint density at radius 2 is 1.70 bits per heavy atom. The first kappa shape index (κ1) is 24.7. The molecule has 4 atom stereocenters. The minimum Gasteiger partial charge on any atom is -0.480 e. The van der Waals surface area contributed by atoms with Gasteiger partial charge < -0.3 is 32.5 Å². The van der Waals surface area contributed by atoms with Gasteiger partial charge in [0.25, 0.3) is 0 Å². The van der Waals surface area contributed by atoms with E-state index in [9.17, 15) is 24.0 Å². The largest absolute Gasteiger partial charge is 0.480 e. The molecule has 0 bridgehead atoms. The molecule has 0 saturated carbocycles. The Bertz CT molecular complexity index is 573. The van der Waals surface area contributed by atoms with Crippen molar-refractivity contribution in [3.05, 3.63) is 0 Å². The highest BCUT2D eigenvalue weighted by Gasteiger charge is 2.27. The fourth-order valence-electron chi connectivity index (χ4n) is 1.98. The zero-order valence-electron chi connectivity index (χ0n) is 15.2. The van der Waals surface area contributed by atoms with Crippen molar-refractivity contribution in [2.45, 2.75) is 44.8 Å². The summed E-state index contributed by atoms with van der Waals surface area (Å²) in [6.07, 6.45) is 0.157. The van der Waals surface area contributed by atoms with Crippen LogP contribution in [-0.2, 0) is 24.0 Å². The summed E-state index contributed by atoms with van der Waals surface area (Å²) in [5.74, 6) is -4.49. The van der Waals surface area contributed by atoms with E-state index in [1.54, 1.807) is 13.8 Å². The van der Waals surface area contributed by atoms with Crippen LogP contribution >= 0.6 is 12.6 Å². The second kappa shape index (κ2) is 12.1. The first-order valence-corrected chi connectivity index (χ1v) is 8.91. The number of carboxylic acid groups (broad SMARTS) is 1. The molecule has 0 fully saturated rings. The molecule has 0 spiro atoms. The topological polar surface area (TPSA) is 194 Å². The Hall–Kier alpha value is -2.34. The van der Waals surface area contributed by atoms with E-state index in [4.69, 9.17) is 16.6 Å². The molecule has 8 N–H and O–H groups in total. The van der Waals surface area contributed by atoms with E-state index in [1.165, 1.54) is 0 Å². The third-order valence-corrected chi connectivity index (χ3v) is 4.16. The number of aliphatic carboxylic acids is 1. The summed E-state index contributed by atoms with van der Waals surface area (Å²) < 4.78 is 0. The number of amides is 4. The van der Waals surface area contributed by atoms with E-state index in [0.29, 0.717) is 6.42 Å². The summed E-state index contributed by atoms with van der Waals surface area (Å²) >= 11 is 3.95. The van der Waals surface area contributed by atoms with Gasteiger partial charge in [0, 0.05) is 5.75 Å². The lowest BCUT2D eigenvalue weighted by Gasteiger charge is -2.21. The van der Waals surface area contributed by atoms with Gasteiger partial charge in [0.1, 0.15) is 12.1 Å². The van der Waals surface area contributed by atoms with Crippen LogP contribution in [0.4, 0.5) is 0 Å². The van der Waals surface area contributed by atoms with Gasteiger partial charge in [0.15, 0.2) is 0 Å². The van der Waals surface area contributed by atoms with E-state index < -0.39 is 54.3 Å². The molecule has 154 valence electrons. The van der Waals surface area contributed by atoms with Crippen LogP contribution in [0.25, 0.3) is 0 Å². The maximum atomic E-state index is 12.1. The molecule has 0 aromatic carbocycles. The van der Waals surface area contributed by atoms with Crippen LogP contribution < -0.4 is 27.4 Å². The van der Waals surface area contributed by atoms with Gasteiger partial charge in [-0.1, -0.05) is 20.3 Å². The molecule has 4 unspecified atom stereocenters. The standard InChI is InChI=1S/C15H27N5O6S/c1-3-7(2)12(15(25)26)20-11(22)5-18-14(24)9(6-27)19-13(23)8(16)4-10(17)21/h7-9,12,27H,3-6,16H2,1-2H3,(H2,17,21)(H,18,24)(H,19,23)(H,20,22)(H,25,26). The van der Waals surface area contributed by atoms with Gasteiger partial charge in [-0.05, 0) is 5.92 Å². The Morgan fingerprint density at radius 1 is 1.11 bits per heavy atom. The minimum atomic E-state index is -1.21. The van der Waals surface area contributed by atoms with E-state index in [1.807, 2.05) is 0 Å². The summed E-state index contributed by atoms with van der Waals surface area (Å²) in [5.41, 5.74) is 10.4. The predicted octanol–water partition coefficient (Wildman–Crippen LogP) is -2.66. The number of hydrogen-bond donors (Lipinski definition) is 7. The average molecular weight is 405 g/mol. The van der Waals surface area contributed by atoms with Gasteiger partial charge in [-0.15, -0.1) is 0 Å². The molecule has 0 heterocycles. The van der Waals surface area contributed by atoms with Crippen molar-refractivity contribution in [2.24, 2.45) is 17.4 Å². The molecule has 0 radical (unpaired) electrons. The Labute approximate surface area is 162 Å². The molecule has 0 aliphatic heterocycles. The van der Waals surface area contributed by atoms with Crippen LogP contribution in [0.5, 0.6) is 0 Å². The average Bonchev–Trinajstić information content (AvgIpc) is 2.60. The highest BCUT2D eigenvalue weighted by molar-refractivity contribution is 7.80. The molecule has 0 saturated heterocycles. The lowest BCUT2D eigenvalue weighted by atomic mass is 9.99. The number of nitrogens with two attached hydrogens (primary N) is 2. The van der Waals surface area contributed by atoms with E-state index in [-0.39, 0.29) is 18.1 Å². The minimum absolute atomic E-state index is 0.0902. The molecule has 0 aliphatic carbocycles. The van der Waals surface area contributed by atoms with E-state index in [2.05, 4.69) is 28.6 Å². The molecule has 4 amide bonds. The number of rotatable bonds is 12. The summed E-state index contributed by atoms with van der Waals surface area (Å²) in [6.45, 7) is 2.99. The molecule has 11 nitrogen and oxygen atoms in total. The molecular weight excluding hydrogens is 378 g/mol. The molecule has 0 aromatic rings. The van der Waals surface area contributed by atoms with E-state index >= 15 is 0 Å². The Morgan fingerprint density at radius 3 is 2.15 bits per heavy atom. The Balaban J connectivity index is 4.63. The van der Waals surface area contributed by atoms with Crippen LogP contribution in [-0.4, -0.2) is 65.1 Å². The van der Waals surface area contributed by atoms with Crippen LogP contribution in [0, 0.1) is 5.92 Å². The van der Waals surface area contributed by atoms with Crippen molar-refractivity contribution >= 4 is 42.2 Å². The van der Waals surface area contributed by atoms with Crippen molar-refractivity contribution in [3.63, 3.8) is 0 Å². The first-order valence-electron chi connectivity index (χ1n) is 8.28. The fraction of sp³-hybridized carbons (Fsp3) is 0.667. The van der Waals surface area contributed by atoms with Crippen molar-refractivity contribution < 1.29 is 29.1 Å². The third-order valence-electron chi connectivity index (χ3n) is 3.79. The van der Waals surface area contributed by atoms with Gasteiger partial charge in [-0.25, -0.2) is 4.79 Å². The maximum Gasteiger partial charge on any atom is 0.326 e. The van der Waals surface area contributed by atoms with Gasteiger partial charge in [-0.2, -0.15) is 12.6 Å². The van der Waals surface area contributed by atoms with Crippen LogP contribution in [0.2, 0.25) is 0 Å². The second-order valence-corrected chi connectivity index (χ2v) is 6.37. The summed E-state index contributed by atoms with van der Waals surface area (Å²) in [6, 6.07) is -3.39. The highest BCUT2D eigenvalue weighted by Crippen LogP contribution is 2.07. The third kappa shape index (κ3) is 9.24. The van der Waals surface area contributed by atoms with Gasteiger partial charge in [0.2, 0.25) is 23.6 Å². The number of carbonyl (C=O) groups excluding carboxylic acids is 4. The summed E-state index contributed by atoms with van der Waals surface area (Å²) in [4.78, 5) is 57.7. The summed E-state index contributed by atoms with van der Waals surface area (Å²) in [7, 11) is 0. The lowest BCUT2D eigenvalue weighted by molar-refractivity contribution is -0.143. The fourth-order valence-corrected chi connectivity index (χ4v) is 2.24. The first-order chi connectivity index (χ1) is 12.5. The van der Waals surface area contributed by atoms with Gasteiger partial charge >= 0.3 is 5.97 Å². The molecule has 0 rings (SSSR count). The van der Waals surface area contributed by atoms with Gasteiger partial charge in [-0.3, -0.25) is 19.2 Å². The van der Waals surface area contributed by atoms with E-state index in [0.717, 1.165) is 0 Å². The van der Waals surface area contributed by atoms with Crippen molar-refractivity contribution in [1.82, 2.24) is 16.0 Å². The quantitative estimate of drug-likeness (QED) is 0.172. The highest BCUT2D eigenvalue weighted by atomic mass is 32.1. The molecule has 0 aliphatic rings. The second-order valence-electron chi connectivity index (χ2n) is 6.01. The van der Waals surface area contributed by atoms with Crippen molar-refractivity contribution in [1.29, 1.82) is 0 Å². The SMILES string of the molecule is CCC(C)C(NC(=O)CNC(=O)C(CS)NC(=O)C(N)CC(N)=O)C(=O)O. The molecule has 0 aromatic heterocycles. The van der Waals surface area contributed by atoms with Crippen molar-refractivity contribution in [3.8, 4) is 0 Å². The smallest absolute Gasteiger partial charge is 0.326 e. The van der Waals surface area contributed by atoms with Crippen molar-refractivity contribution in [2.75, 3.05) is 12.3 Å². The van der Waals surface area contributed by atoms with Crippen LogP contribution in [0.1, 0.15) is 26.7 Å². The van der Waals surface area contributed by atoms with Crippen LogP contribution in [0.15, 0.2) is 0 Å². The molecule has 27 heavy (non-hydrogen) atoms. The van der Waals surface area contributed by atoms with Gasteiger partial charge in [0.05, 0.1) is 19.0 Å². The normalized spacial score (nSPS) is 15.0. The zero-order valence-corrected chi connectivity index (χ0v) is 16.1. The number of hydrogen-bond acceptors (Lipinski definition) is 7. The molecular formula is C15H27N5O6S. The maximum absolute atomic E-state index is 12.1. The summed E-state index contributed by atoms with van der Waals surface area (Å²) in [5, 5.41) is 16.0. The number of thiol groups is 1. The van der Waals surface area contributed by atoms with Crippen LogP contribution in [0.3, 0.4) is 0 Å². The monoisotopic (exact) mass is 405 g/mol. The lowest BCUT2D eigenvalue weighted by Crippen LogP contribution is -2.55. The number of nitrogens with one attached hydrogen (secondary N) is 3. The molecule has 12 heteroatoms. The predicted molar refractivity (Wildman–Crippen MR) is 99.6 cm³/mol. The Kier molecular flexibility index (Phi) is 11.1. The number of carbonyl (C=O) groups is 5. The number of carboxylic acids is 1. The number of primary amides is 1. The zero-order chi connectivity index (χ0) is 21.1.